The Morgan fingerprint density at radius 1 is 1.15 bits per heavy atom. The second kappa shape index (κ2) is 6.72. The zero-order valence-electron chi connectivity index (χ0n) is 13.2. The van der Waals surface area contributed by atoms with Gasteiger partial charge in [-0.15, -0.1) is 0 Å². The third-order valence-electron chi connectivity index (χ3n) is 3.60. The number of nitrogens with one attached hydrogen (secondary N) is 1. The van der Waals surface area contributed by atoms with Crippen molar-refractivity contribution in [3.63, 3.8) is 0 Å². The number of alkyl halides is 3. The number of amides is 1. The van der Waals surface area contributed by atoms with Crippen LogP contribution in [0.25, 0.3) is 5.69 Å². The van der Waals surface area contributed by atoms with E-state index in [1.165, 1.54) is 41.2 Å². The van der Waals surface area contributed by atoms with Crippen molar-refractivity contribution in [2.75, 3.05) is 5.32 Å². The van der Waals surface area contributed by atoms with E-state index in [0.29, 0.717) is 11.3 Å². The maximum atomic E-state index is 13.0. The summed E-state index contributed by atoms with van der Waals surface area (Å²) in [5, 5.41) is 15.3. The average Bonchev–Trinajstić information content (AvgIpc) is 3.15. The van der Waals surface area contributed by atoms with Gasteiger partial charge in [0.2, 0.25) is 0 Å². The fourth-order valence-electron chi connectivity index (χ4n) is 2.31. The molecule has 3 rings (SSSR count). The Morgan fingerprint density at radius 2 is 1.88 bits per heavy atom. The number of anilines is 1. The van der Waals surface area contributed by atoms with Crippen molar-refractivity contribution < 1.29 is 18.0 Å². The highest BCUT2D eigenvalue weighted by Gasteiger charge is 2.31. The number of carbonyl (C=O) groups is 1. The van der Waals surface area contributed by atoms with Crippen LogP contribution in [0.2, 0.25) is 0 Å². The summed E-state index contributed by atoms with van der Waals surface area (Å²) in [6.45, 7) is 0. The van der Waals surface area contributed by atoms with Gasteiger partial charge in [-0.05, 0) is 48.5 Å². The average molecular weight is 356 g/mol. The van der Waals surface area contributed by atoms with Crippen molar-refractivity contribution in [3.05, 3.63) is 77.6 Å². The monoisotopic (exact) mass is 356 g/mol. The fraction of sp³-hybridized carbons (Fsp3) is 0.0556. The molecule has 0 radical (unpaired) electrons. The number of halogens is 3. The molecule has 26 heavy (non-hydrogen) atoms. The van der Waals surface area contributed by atoms with Crippen LogP contribution in [0.4, 0.5) is 18.9 Å². The van der Waals surface area contributed by atoms with E-state index in [4.69, 9.17) is 5.26 Å². The molecule has 5 nitrogen and oxygen atoms in total. The van der Waals surface area contributed by atoms with E-state index in [1.54, 1.807) is 12.3 Å². The first kappa shape index (κ1) is 17.2. The highest BCUT2D eigenvalue weighted by Crippen LogP contribution is 2.33. The summed E-state index contributed by atoms with van der Waals surface area (Å²) < 4.78 is 40.4. The minimum absolute atomic E-state index is 0.0297. The van der Waals surface area contributed by atoms with Gasteiger partial charge in [-0.2, -0.15) is 23.5 Å². The SMILES string of the molecule is N#Cc1ccc(C(=O)Nc2cc(C(F)(F)F)ccc2-n2cccn2)cc1. The Bertz CT molecular complexity index is 971. The lowest BCUT2D eigenvalue weighted by Crippen LogP contribution is -2.15. The van der Waals surface area contributed by atoms with Crippen LogP contribution in [0.5, 0.6) is 0 Å². The zero-order valence-corrected chi connectivity index (χ0v) is 13.2. The molecule has 8 heteroatoms. The molecule has 0 unspecified atom stereocenters. The van der Waals surface area contributed by atoms with E-state index in [-0.39, 0.29) is 11.3 Å². The lowest BCUT2D eigenvalue weighted by molar-refractivity contribution is -0.137. The molecule has 3 aromatic rings. The number of rotatable bonds is 3. The quantitative estimate of drug-likeness (QED) is 0.771. The van der Waals surface area contributed by atoms with Gasteiger partial charge in [0.05, 0.1) is 28.6 Å². The maximum Gasteiger partial charge on any atom is 0.416 e. The first-order valence-electron chi connectivity index (χ1n) is 7.41. The summed E-state index contributed by atoms with van der Waals surface area (Å²) in [6.07, 6.45) is -1.51. The van der Waals surface area contributed by atoms with Crippen LogP contribution in [-0.2, 0) is 6.18 Å². The molecule has 1 amide bonds. The highest BCUT2D eigenvalue weighted by molar-refractivity contribution is 6.05. The Balaban J connectivity index is 1.98. The van der Waals surface area contributed by atoms with E-state index in [2.05, 4.69) is 10.4 Å². The third-order valence-corrected chi connectivity index (χ3v) is 3.60. The van der Waals surface area contributed by atoms with Gasteiger partial charge in [0.15, 0.2) is 0 Å². The Morgan fingerprint density at radius 3 is 2.46 bits per heavy atom. The number of nitrogens with zero attached hydrogens (tertiary/aromatic N) is 3. The molecule has 0 aliphatic rings. The molecule has 0 saturated heterocycles. The number of aromatic nitrogens is 2. The molecule has 0 aliphatic heterocycles. The van der Waals surface area contributed by atoms with Crippen LogP contribution in [0.1, 0.15) is 21.5 Å². The van der Waals surface area contributed by atoms with E-state index < -0.39 is 17.6 Å². The summed E-state index contributed by atoms with van der Waals surface area (Å²) in [4.78, 5) is 12.4. The highest BCUT2D eigenvalue weighted by atomic mass is 19.4. The van der Waals surface area contributed by atoms with E-state index >= 15 is 0 Å². The lowest BCUT2D eigenvalue weighted by Gasteiger charge is -2.14. The van der Waals surface area contributed by atoms with Gasteiger partial charge in [0.25, 0.3) is 5.91 Å². The first-order chi connectivity index (χ1) is 12.4. The zero-order chi connectivity index (χ0) is 18.7. The van der Waals surface area contributed by atoms with Crippen molar-refractivity contribution in [2.24, 2.45) is 0 Å². The fourth-order valence-corrected chi connectivity index (χ4v) is 2.31. The van der Waals surface area contributed by atoms with Gasteiger partial charge in [-0.25, -0.2) is 4.68 Å². The van der Waals surface area contributed by atoms with Crippen LogP contribution in [-0.4, -0.2) is 15.7 Å². The van der Waals surface area contributed by atoms with Gasteiger partial charge >= 0.3 is 6.18 Å². The number of hydrogen-bond donors (Lipinski definition) is 1. The van der Waals surface area contributed by atoms with Crippen molar-refractivity contribution >= 4 is 11.6 Å². The molecule has 0 atom stereocenters. The van der Waals surface area contributed by atoms with Gasteiger partial charge in [0.1, 0.15) is 0 Å². The number of nitriles is 1. The number of carbonyl (C=O) groups excluding carboxylic acids is 1. The molecule has 1 N–H and O–H groups in total. The summed E-state index contributed by atoms with van der Waals surface area (Å²) in [7, 11) is 0. The standard InChI is InChI=1S/C18H11F3N4O/c19-18(20,21)14-6-7-16(25-9-1-8-23-25)15(10-14)24-17(26)13-4-2-12(11-22)3-5-13/h1-10H,(H,24,26). The molecule has 1 heterocycles. The summed E-state index contributed by atoms with van der Waals surface area (Å²) >= 11 is 0. The van der Waals surface area contributed by atoms with Crippen LogP contribution < -0.4 is 5.32 Å². The molecule has 0 fully saturated rings. The lowest BCUT2D eigenvalue weighted by atomic mass is 10.1. The van der Waals surface area contributed by atoms with Crippen molar-refractivity contribution in [2.45, 2.75) is 6.18 Å². The Hall–Kier alpha value is -3.60. The molecular weight excluding hydrogens is 345 g/mol. The van der Waals surface area contributed by atoms with Crippen molar-refractivity contribution in [1.82, 2.24) is 9.78 Å². The van der Waals surface area contributed by atoms with Gasteiger partial charge in [-0.1, -0.05) is 0 Å². The maximum absolute atomic E-state index is 13.0. The molecule has 2 aromatic carbocycles. The van der Waals surface area contributed by atoms with Gasteiger partial charge < -0.3 is 5.32 Å². The van der Waals surface area contributed by atoms with Crippen LogP contribution in [0.15, 0.2) is 60.9 Å². The Kier molecular flexibility index (Phi) is 4.45. The summed E-state index contributed by atoms with van der Waals surface area (Å²) in [6, 6.07) is 12.3. The smallest absolute Gasteiger partial charge is 0.320 e. The van der Waals surface area contributed by atoms with E-state index in [9.17, 15) is 18.0 Å². The van der Waals surface area contributed by atoms with Crippen LogP contribution in [0.3, 0.4) is 0 Å². The normalized spacial score (nSPS) is 11.0. The second-order valence-electron chi connectivity index (χ2n) is 5.32. The third kappa shape index (κ3) is 3.57. The largest absolute Gasteiger partial charge is 0.416 e. The molecule has 0 spiro atoms. The first-order valence-corrected chi connectivity index (χ1v) is 7.41. The van der Waals surface area contributed by atoms with Gasteiger partial charge in [-0.3, -0.25) is 4.79 Å². The van der Waals surface area contributed by atoms with Crippen molar-refractivity contribution in [1.29, 1.82) is 5.26 Å². The molecule has 1 aromatic heterocycles. The summed E-state index contributed by atoms with van der Waals surface area (Å²) in [5.41, 5.74) is -0.0305. The number of benzene rings is 2. The molecule has 130 valence electrons. The van der Waals surface area contributed by atoms with Crippen molar-refractivity contribution in [3.8, 4) is 11.8 Å². The minimum atomic E-state index is -4.55. The molecule has 0 aliphatic carbocycles. The van der Waals surface area contributed by atoms with E-state index in [0.717, 1.165) is 12.1 Å². The van der Waals surface area contributed by atoms with E-state index in [1.807, 2.05) is 6.07 Å². The summed E-state index contributed by atoms with van der Waals surface area (Å²) in [5.74, 6) is -0.595. The number of hydrogen-bond acceptors (Lipinski definition) is 3. The van der Waals surface area contributed by atoms with Gasteiger partial charge in [0, 0.05) is 18.0 Å². The molecule has 0 bridgehead atoms. The van der Waals surface area contributed by atoms with Crippen LogP contribution >= 0.6 is 0 Å². The molecule has 0 saturated carbocycles. The second-order valence-corrected chi connectivity index (χ2v) is 5.32. The topological polar surface area (TPSA) is 70.7 Å². The minimum Gasteiger partial charge on any atom is -0.320 e. The predicted octanol–water partition coefficient (Wildman–Crippen LogP) is 4.02. The molecular formula is C18H11F3N4O. The predicted molar refractivity (Wildman–Crippen MR) is 87.7 cm³/mol. The Labute approximate surface area is 146 Å². The van der Waals surface area contributed by atoms with Crippen LogP contribution in [0, 0.1) is 11.3 Å².